The molecule has 29 heavy (non-hydrogen) atoms. The second kappa shape index (κ2) is 7.64. The van der Waals surface area contributed by atoms with E-state index in [0.29, 0.717) is 15.8 Å². The van der Waals surface area contributed by atoms with Gasteiger partial charge in [-0.05, 0) is 23.8 Å². The standard InChI is InChI=1S/C22H17ClO6/c1-12(24)28-19-16-8-7-14(15-5-3-4-6-18(15)23)11-17(16)20(29-13(2)25)22-21(19)26-9-10-27-22/h3-8,11H,9-10H2,1-2H3. The molecule has 1 heterocycles. The average molecular weight is 413 g/mol. The van der Waals surface area contributed by atoms with E-state index in [-0.39, 0.29) is 36.2 Å². The number of hydrogen-bond acceptors (Lipinski definition) is 6. The zero-order valence-electron chi connectivity index (χ0n) is 15.8. The third-order valence-electron chi connectivity index (χ3n) is 4.38. The number of benzene rings is 3. The van der Waals surface area contributed by atoms with Crippen LogP contribution in [0.4, 0.5) is 0 Å². The molecule has 3 aromatic rings. The van der Waals surface area contributed by atoms with Crippen molar-refractivity contribution in [2.24, 2.45) is 0 Å². The molecular weight excluding hydrogens is 396 g/mol. The van der Waals surface area contributed by atoms with Gasteiger partial charge in [0.15, 0.2) is 11.5 Å². The van der Waals surface area contributed by atoms with Gasteiger partial charge < -0.3 is 18.9 Å². The van der Waals surface area contributed by atoms with Gasteiger partial charge in [0.1, 0.15) is 13.2 Å². The topological polar surface area (TPSA) is 71.1 Å². The van der Waals surface area contributed by atoms with E-state index in [9.17, 15) is 9.59 Å². The van der Waals surface area contributed by atoms with E-state index in [1.54, 1.807) is 12.1 Å². The highest BCUT2D eigenvalue weighted by atomic mass is 35.5. The van der Waals surface area contributed by atoms with Crippen LogP contribution in [-0.4, -0.2) is 25.2 Å². The molecule has 0 saturated carbocycles. The number of hydrogen-bond donors (Lipinski definition) is 0. The summed E-state index contributed by atoms with van der Waals surface area (Å²) in [6, 6.07) is 12.9. The van der Waals surface area contributed by atoms with Crippen LogP contribution < -0.4 is 18.9 Å². The van der Waals surface area contributed by atoms with Crippen molar-refractivity contribution >= 4 is 34.3 Å². The molecule has 0 aliphatic carbocycles. The van der Waals surface area contributed by atoms with Crippen LogP contribution in [-0.2, 0) is 9.59 Å². The molecule has 0 radical (unpaired) electrons. The fraction of sp³-hybridized carbons (Fsp3) is 0.182. The Labute approximate surface area is 171 Å². The van der Waals surface area contributed by atoms with E-state index in [2.05, 4.69) is 0 Å². The summed E-state index contributed by atoms with van der Waals surface area (Å²) in [6.45, 7) is 3.17. The van der Waals surface area contributed by atoms with Crippen molar-refractivity contribution in [2.75, 3.05) is 13.2 Å². The number of carbonyl (C=O) groups is 2. The molecule has 4 rings (SSSR count). The Hall–Kier alpha value is -3.25. The molecule has 7 heteroatoms. The van der Waals surface area contributed by atoms with Gasteiger partial charge in [0, 0.05) is 35.2 Å². The van der Waals surface area contributed by atoms with Crippen LogP contribution in [0.25, 0.3) is 21.9 Å². The van der Waals surface area contributed by atoms with Gasteiger partial charge >= 0.3 is 11.9 Å². The molecule has 0 spiro atoms. The van der Waals surface area contributed by atoms with Crippen LogP contribution in [0.2, 0.25) is 5.02 Å². The van der Waals surface area contributed by atoms with Gasteiger partial charge in [0.05, 0.1) is 0 Å². The molecule has 0 aromatic heterocycles. The largest absolute Gasteiger partial charge is 0.483 e. The summed E-state index contributed by atoms with van der Waals surface area (Å²) in [5, 5.41) is 1.67. The van der Waals surface area contributed by atoms with Crippen molar-refractivity contribution in [3.8, 4) is 34.1 Å². The highest BCUT2D eigenvalue weighted by Crippen LogP contribution is 2.53. The number of rotatable bonds is 3. The summed E-state index contributed by atoms with van der Waals surface area (Å²) >= 11 is 6.35. The fourth-order valence-corrected chi connectivity index (χ4v) is 3.53. The molecule has 0 atom stereocenters. The van der Waals surface area contributed by atoms with Gasteiger partial charge in [0.25, 0.3) is 0 Å². The summed E-state index contributed by atoms with van der Waals surface area (Å²) in [4.78, 5) is 23.5. The van der Waals surface area contributed by atoms with Crippen LogP contribution in [0.15, 0.2) is 42.5 Å². The van der Waals surface area contributed by atoms with Crippen molar-refractivity contribution in [1.29, 1.82) is 0 Å². The van der Waals surface area contributed by atoms with E-state index in [1.807, 2.05) is 30.3 Å². The summed E-state index contributed by atoms with van der Waals surface area (Å²) in [5.74, 6) is -0.104. The smallest absolute Gasteiger partial charge is 0.308 e. The minimum absolute atomic E-state index is 0.215. The first-order valence-corrected chi connectivity index (χ1v) is 9.34. The minimum atomic E-state index is -0.508. The van der Waals surface area contributed by atoms with Crippen molar-refractivity contribution in [3.05, 3.63) is 47.5 Å². The Morgan fingerprint density at radius 3 is 2.03 bits per heavy atom. The molecule has 0 bridgehead atoms. The van der Waals surface area contributed by atoms with Gasteiger partial charge in [-0.15, -0.1) is 0 Å². The third-order valence-corrected chi connectivity index (χ3v) is 4.71. The van der Waals surface area contributed by atoms with Crippen LogP contribution in [0.1, 0.15) is 13.8 Å². The number of ether oxygens (including phenoxy) is 4. The van der Waals surface area contributed by atoms with Crippen LogP contribution in [0, 0.1) is 0 Å². The molecule has 0 saturated heterocycles. The number of halogens is 1. The first-order chi connectivity index (χ1) is 14.0. The Morgan fingerprint density at radius 2 is 1.45 bits per heavy atom. The van der Waals surface area contributed by atoms with Crippen LogP contribution >= 0.6 is 11.6 Å². The lowest BCUT2D eigenvalue weighted by Crippen LogP contribution is -2.18. The van der Waals surface area contributed by atoms with E-state index in [4.69, 9.17) is 30.5 Å². The Balaban J connectivity index is 2.05. The van der Waals surface area contributed by atoms with Crippen LogP contribution in [0.3, 0.4) is 0 Å². The molecule has 0 unspecified atom stereocenters. The lowest BCUT2D eigenvalue weighted by molar-refractivity contribution is -0.133. The van der Waals surface area contributed by atoms with Gasteiger partial charge in [0.2, 0.25) is 11.5 Å². The van der Waals surface area contributed by atoms with E-state index >= 15 is 0 Å². The maximum Gasteiger partial charge on any atom is 0.308 e. The Morgan fingerprint density at radius 1 is 0.862 bits per heavy atom. The van der Waals surface area contributed by atoms with Gasteiger partial charge in [-0.2, -0.15) is 0 Å². The minimum Gasteiger partial charge on any atom is -0.483 e. The summed E-state index contributed by atoms with van der Waals surface area (Å²) in [5.41, 5.74) is 1.62. The first kappa shape index (κ1) is 19.1. The molecule has 0 fully saturated rings. The van der Waals surface area contributed by atoms with E-state index in [0.717, 1.165) is 11.1 Å². The van der Waals surface area contributed by atoms with Crippen LogP contribution in [0.5, 0.6) is 23.0 Å². The second-order valence-corrected chi connectivity index (χ2v) is 6.85. The highest BCUT2D eigenvalue weighted by molar-refractivity contribution is 6.33. The zero-order valence-corrected chi connectivity index (χ0v) is 16.5. The number of carbonyl (C=O) groups excluding carboxylic acids is 2. The zero-order chi connectivity index (χ0) is 20.5. The molecule has 1 aliphatic rings. The Bertz CT molecular complexity index is 1140. The predicted molar refractivity (Wildman–Crippen MR) is 108 cm³/mol. The molecule has 6 nitrogen and oxygen atoms in total. The summed E-state index contributed by atoms with van der Waals surface area (Å²) in [6.07, 6.45) is 0. The second-order valence-electron chi connectivity index (χ2n) is 6.44. The maximum absolute atomic E-state index is 11.8. The Kier molecular flexibility index (Phi) is 5.03. The highest BCUT2D eigenvalue weighted by Gasteiger charge is 2.29. The molecule has 1 aliphatic heterocycles. The van der Waals surface area contributed by atoms with Gasteiger partial charge in [-0.1, -0.05) is 35.9 Å². The first-order valence-electron chi connectivity index (χ1n) is 8.96. The predicted octanol–water partition coefficient (Wildman–Crippen LogP) is 4.78. The molecule has 0 N–H and O–H groups in total. The molecule has 3 aromatic carbocycles. The SMILES string of the molecule is CC(=O)Oc1c2c(c(OC(C)=O)c3cc(-c4ccccc4Cl)ccc13)OCCO2. The van der Waals surface area contributed by atoms with Gasteiger partial charge in [-0.3, -0.25) is 9.59 Å². The van der Waals surface area contributed by atoms with Crippen molar-refractivity contribution in [3.63, 3.8) is 0 Å². The summed E-state index contributed by atoms with van der Waals surface area (Å²) < 4.78 is 22.4. The van der Waals surface area contributed by atoms with E-state index in [1.165, 1.54) is 13.8 Å². The maximum atomic E-state index is 11.8. The van der Waals surface area contributed by atoms with Gasteiger partial charge in [-0.25, -0.2) is 0 Å². The number of fused-ring (bicyclic) bond motifs is 2. The summed E-state index contributed by atoms with van der Waals surface area (Å²) in [7, 11) is 0. The normalized spacial score (nSPS) is 12.5. The average Bonchev–Trinajstić information content (AvgIpc) is 2.70. The van der Waals surface area contributed by atoms with Crippen molar-refractivity contribution in [1.82, 2.24) is 0 Å². The third kappa shape index (κ3) is 3.59. The number of esters is 2. The molecule has 0 amide bonds. The lowest BCUT2D eigenvalue weighted by atomic mass is 9.99. The van der Waals surface area contributed by atoms with E-state index < -0.39 is 11.9 Å². The van der Waals surface area contributed by atoms with Crippen molar-refractivity contribution in [2.45, 2.75) is 13.8 Å². The quantitative estimate of drug-likeness (QED) is 0.455. The lowest BCUT2D eigenvalue weighted by Gasteiger charge is -2.24. The molecule has 148 valence electrons. The monoisotopic (exact) mass is 412 g/mol. The van der Waals surface area contributed by atoms with Crippen molar-refractivity contribution < 1.29 is 28.5 Å². The fourth-order valence-electron chi connectivity index (χ4n) is 3.28. The molecular formula is C22H17ClO6.